The van der Waals surface area contributed by atoms with E-state index in [4.69, 9.17) is 0 Å². The number of aromatic amines is 1. The highest BCUT2D eigenvalue weighted by Gasteiger charge is 2.34. The summed E-state index contributed by atoms with van der Waals surface area (Å²) in [5.74, 6) is -1.25. The van der Waals surface area contributed by atoms with Crippen molar-refractivity contribution in [2.24, 2.45) is 0 Å². The smallest absolute Gasteiger partial charge is 0.334 e. The van der Waals surface area contributed by atoms with E-state index in [0.717, 1.165) is 6.07 Å². The number of imidazole rings is 1. The van der Waals surface area contributed by atoms with Crippen molar-refractivity contribution in [3.63, 3.8) is 0 Å². The van der Waals surface area contributed by atoms with Crippen molar-refractivity contribution >= 4 is 20.9 Å². The van der Waals surface area contributed by atoms with Crippen LogP contribution in [0.4, 0.5) is 13.2 Å². The normalized spacial score (nSPS) is 13.1. The molecule has 0 amide bonds. The van der Waals surface area contributed by atoms with Crippen LogP contribution in [0.1, 0.15) is 12.7 Å². The van der Waals surface area contributed by atoms with Crippen molar-refractivity contribution < 1.29 is 21.6 Å². The Labute approximate surface area is 101 Å². The number of rotatable bonds is 2. The van der Waals surface area contributed by atoms with Crippen molar-refractivity contribution in [2.75, 3.05) is 5.75 Å². The van der Waals surface area contributed by atoms with E-state index in [1.807, 2.05) is 0 Å². The zero-order valence-corrected chi connectivity index (χ0v) is 10.1. The number of aromatic nitrogens is 2. The standard InChI is InChI=1S/C10H9F3N2O2S/c1-2-18(16,17)6-3-4-7-8(5-6)15-9(14-7)10(11,12)13/h3-5H,2H2,1H3,(H,14,15). The maximum atomic E-state index is 12.4. The van der Waals surface area contributed by atoms with Gasteiger partial charge in [-0.2, -0.15) is 13.2 Å². The van der Waals surface area contributed by atoms with E-state index in [1.165, 1.54) is 19.1 Å². The quantitative estimate of drug-likeness (QED) is 0.917. The molecule has 0 atom stereocenters. The molecule has 4 nitrogen and oxygen atoms in total. The van der Waals surface area contributed by atoms with Crippen LogP contribution in [0, 0.1) is 0 Å². The summed E-state index contributed by atoms with van der Waals surface area (Å²) in [5.41, 5.74) is 0.134. The SMILES string of the molecule is CCS(=O)(=O)c1ccc2nc(C(F)(F)F)[nH]c2c1. The van der Waals surface area contributed by atoms with Crippen molar-refractivity contribution in [1.29, 1.82) is 0 Å². The zero-order valence-electron chi connectivity index (χ0n) is 9.25. The van der Waals surface area contributed by atoms with Crippen LogP contribution >= 0.6 is 0 Å². The fraction of sp³-hybridized carbons (Fsp3) is 0.300. The van der Waals surface area contributed by atoms with Gasteiger partial charge in [-0.05, 0) is 18.2 Å². The van der Waals surface area contributed by atoms with E-state index in [-0.39, 0.29) is 21.7 Å². The van der Waals surface area contributed by atoms with Gasteiger partial charge in [0.15, 0.2) is 9.84 Å². The van der Waals surface area contributed by atoms with Crippen LogP contribution in [-0.4, -0.2) is 24.1 Å². The summed E-state index contributed by atoms with van der Waals surface area (Å²) in [6.45, 7) is 1.47. The highest BCUT2D eigenvalue weighted by atomic mass is 32.2. The number of halogens is 3. The zero-order chi connectivity index (χ0) is 13.6. The highest BCUT2D eigenvalue weighted by molar-refractivity contribution is 7.91. The van der Waals surface area contributed by atoms with Gasteiger partial charge in [0.05, 0.1) is 21.7 Å². The molecule has 2 rings (SSSR count). The molecular formula is C10H9F3N2O2S. The van der Waals surface area contributed by atoms with Gasteiger partial charge in [0.2, 0.25) is 5.82 Å². The number of nitrogens with one attached hydrogen (secondary N) is 1. The van der Waals surface area contributed by atoms with Crippen LogP contribution in [0.3, 0.4) is 0 Å². The molecule has 1 N–H and O–H groups in total. The van der Waals surface area contributed by atoms with E-state index in [1.54, 1.807) is 0 Å². The molecule has 0 aliphatic rings. The number of sulfone groups is 1. The molecule has 18 heavy (non-hydrogen) atoms. The lowest BCUT2D eigenvalue weighted by Gasteiger charge is -2.00. The molecule has 0 unspecified atom stereocenters. The van der Waals surface area contributed by atoms with Gasteiger partial charge in [0.1, 0.15) is 0 Å². The third-order valence-electron chi connectivity index (χ3n) is 2.46. The monoisotopic (exact) mass is 278 g/mol. The maximum Gasteiger partial charge on any atom is 0.449 e. The largest absolute Gasteiger partial charge is 0.449 e. The predicted octanol–water partition coefficient (Wildman–Crippen LogP) is 2.38. The second-order valence-corrected chi connectivity index (χ2v) is 5.94. The maximum absolute atomic E-state index is 12.4. The Kier molecular flexibility index (Phi) is 2.84. The van der Waals surface area contributed by atoms with Gasteiger partial charge in [-0.25, -0.2) is 13.4 Å². The Balaban J connectivity index is 2.60. The summed E-state index contributed by atoms with van der Waals surface area (Å²) in [7, 11) is -3.44. The average molecular weight is 278 g/mol. The summed E-state index contributed by atoms with van der Waals surface area (Å²) in [6, 6.07) is 3.67. The Morgan fingerprint density at radius 3 is 2.56 bits per heavy atom. The molecular weight excluding hydrogens is 269 g/mol. The molecule has 8 heteroatoms. The number of nitrogens with zero attached hydrogens (tertiary/aromatic N) is 1. The molecule has 0 radical (unpaired) electrons. The van der Waals surface area contributed by atoms with Gasteiger partial charge in [-0.1, -0.05) is 6.92 Å². The van der Waals surface area contributed by atoms with Crippen LogP contribution in [0.5, 0.6) is 0 Å². The fourth-order valence-electron chi connectivity index (χ4n) is 1.48. The number of hydrogen-bond acceptors (Lipinski definition) is 3. The van der Waals surface area contributed by atoms with Crippen molar-refractivity contribution in [3.8, 4) is 0 Å². The van der Waals surface area contributed by atoms with E-state index >= 15 is 0 Å². The van der Waals surface area contributed by atoms with Crippen molar-refractivity contribution in [3.05, 3.63) is 24.0 Å². The van der Waals surface area contributed by atoms with E-state index in [0.29, 0.717) is 0 Å². The molecule has 1 heterocycles. The van der Waals surface area contributed by atoms with E-state index in [2.05, 4.69) is 9.97 Å². The van der Waals surface area contributed by atoms with Gasteiger partial charge in [-0.15, -0.1) is 0 Å². The second-order valence-electron chi connectivity index (χ2n) is 3.67. The van der Waals surface area contributed by atoms with Gasteiger partial charge >= 0.3 is 6.18 Å². The van der Waals surface area contributed by atoms with Gasteiger partial charge < -0.3 is 4.98 Å². The summed E-state index contributed by atoms with van der Waals surface area (Å²) in [6.07, 6.45) is -4.58. The minimum atomic E-state index is -4.58. The molecule has 0 bridgehead atoms. The van der Waals surface area contributed by atoms with E-state index < -0.39 is 21.8 Å². The first-order valence-corrected chi connectivity index (χ1v) is 6.69. The van der Waals surface area contributed by atoms with Crippen LogP contribution in [0.2, 0.25) is 0 Å². The summed E-state index contributed by atoms with van der Waals surface area (Å²) < 4.78 is 60.4. The first-order valence-electron chi connectivity index (χ1n) is 5.04. The summed E-state index contributed by atoms with van der Waals surface area (Å²) in [5, 5.41) is 0. The Morgan fingerprint density at radius 2 is 2.00 bits per heavy atom. The first-order chi connectivity index (χ1) is 8.24. The predicted molar refractivity (Wildman–Crippen MR) is 58.8 cm³/mol. The van der Waals surface area contributed by atoms with Crippen molar-refractivity contribution in [2.45, 2.75) is 18.0 Å². The number of fused-ring (bicyclic) bond motifs is 1. The lowest BCUT2D eigenvalue weighted by atomic mass is 10.3. The van der Waals surface area contributed by atoms with Crippen LogP contribution in [0.15, 0.2) is 23.1 Å². The molecule has 0 saturated carbocycles. The molecule has 98 valence electrons. The molecule has 1 aromatic heterocycles. The van der Waals surface area contributed by atoms with Gasteiger partial charge in [0.25, 0.3) is 0 Å². The van der Waals surface area contributed by atoms with Crippen LogP contribution in [-0.2, 0) is 16.0 Å². The minimum Gasteiger partial charge on any atom is -0.334 e. The number of benzene rings is 1. The number of hydrogen-bond donors (Lipinski definition) is 1. The first kappa shape index (κ1) is 12.9. The Hall–Kier alpha value is -1.57. The minimum absolute atomic E-state index is 0.0186. The third-order valence-corrected chi connectivity index (χ3v) is 4.19. The van der Waals surface area contributed by atoms with Crippen molar-refractivity contribution in [1.82, 2.24) is 9.97 Å². The van der Waals surface area contributed by atoms with Gasteiger partial charge in [-0.3, -0.25) is 0 Å². The topological polar surface area (TPSA) is 62.8 Å². The highest BCUT2D eigenvalue weighted by Crippen LogP contribution is 2.29. The molecule has 2 aromatic rings. The second kappa shape index (κ2) is 3.98. The number of alkyl halides is 3. The van der Waals surface area contributed by atoms with Crippen LogP contribution < -0.4 is 0 Å². The molecule has 0 aliphatic heterocycles. The fourth-order valence-corrected chi connectivity index (χ4v) is 2.39. The molecule has 0 fully saturated rings. The van der Waals surface area contributed by atoms with Crippen LogP contribution in [0.25, 0.3) is 11.0 Å². The summed E-state index contributed by atoms with van der Waals surface area (Å²) in [4.78, 5) is 5.41. The number of H-pyrrole nitrogens is 1. The molecule has 0 spiro atoms. The summed E-state index contributed by atoms with van der Waals surface area (Å²) >= 11 is 0. The molecule has 0 saturated heterocycles. The van der Waals surface area contributed by atoms with E-state index in [9.17, 15) is 21.6 Å². The lowest BCUT2D eigenvalue weighted by Crippen LogP contribution is -2.06. The Bertz CT molecular complexity index is 689. The molecule has 0 aliphatic carbocycles. The third kappa shape index (κ3) is 2.20. The average Bonchev–Trinajstić information content (AvgIpc) is 2.71. The Morgan fingerprint density at radius 1 is 1.33 bits per heavy atom. The molecule has 1 aromatic carbocycles. The lowest BCUT2D eigenvalue weighted by molar-refractivity contribution is -0.144. The van der Waals surface area contributed by atoms with Gasteiger partial charge in [0, 0.05) is 0 Å².